The predicted octanol–water partition coefficient (Wildman–Crippen LogP) is 2.40. The van der Waals surface area contributed by atoms with E-state index in [0.717, 1.165) is 17.4 Å². The molecule has 0 radical (unpaired) electrons. The molecule has 5 nitrogen and oxygen atoms in total. The third-order valence-corrected chi connectivity index (χ3v) is 3.97. The predicted molar refractivity (Wildman–Crippen MR) is 98.8 cm³/mol. The van der Waals surface area contributed by atoms with Crippen molar-refractivity contribution in [3.8, 4) is 5.75 Å². The van der Waals surface area contributed by atoms with Crippen LogP contribution in [0.1, 0.15) is 5.56 Å². The first kappa shape index (κ1) is 17.2. The van der Waals surface area contributed by atoms with Crippen molar-refractivity contribution in [1.29, 1.82) is 0 Å². The maximum absolute atomic E-state index is 11.4. The van der Waals surface area contributed by atoms with Crippen LogP contribution in [0.15, 0.2) is 65.5 Å². The topological polar surface area (TPSA) is 65.6 Å². The molecular formula is C20H22N2O3. The summed E-state index contributed by atoms with van der Waals surface area (Å²) in [7, 11) is 1.97. The van der Waals surface area contributed by atoms with E-state index in [9.17, 15) is 9.90 Å². The van der Waals surface area contributed by atoms with Gasteiger partial charge in [-0.2, -0.15) is 0 Å². The van der Waals surface area contributed by atoms with Gasteiger partial charge < -0.3 is 14.8 Å². The van der Waals surface area contributed by atoms with Gasteiger partial charge in [-0.05, 0) is 30.8 Å². The van der Waals surface area contributed by atoms with Crippen molar-refractivity contribution in [2.45, 2.75) is 12.6 Å². The number of aromatic amines is 1. The highest BCUT2D eigenvalue weighted by Gasteiger charge is 2.11. The molecule has 0 aliphatic rings. The van der Waals surface area contributed by atoms with E-state index in [2.05, 4.69) is 22.0 Å². The molecule has 0 spiro atoms. The summed E-state index contributed by atoms with van der Waals surface area (Å²) in [4.78, 5) is 16.2. The number of nitrogens with one attached hydrogen (secondary N) is 1. The second-order valence-corrected chi connectivity index (χ2v) is 6.19. The molecule has 25 heavy (non-hydrogen) atoms. The molecule has 0 amide bonds. The molecule has 0 saturated carbocycles. The molecule has 0 aliphatic carbocycles. The summed E-state index contributed by atoms with van der Waals surface area (Å²) in [6.07, 6.45) is -0.605. The molecule has 0 bridgehead atoms. The van der Waals surface area contributed by atoms with Crippen molar-refractivity contribution in [3.05, 3.63) is 76.6 Å². The van der Waals surface area contributed by atoms with Gasteiger partial charge in [0.1, 0.15) is 18.5 Å². The largest absolute Gasteiger partial charge is 0.490 e. The average Bonchev–Trinajstić information content (AvgIpc) is 2.60. The number of H-pyrrole nitrogens is 1. The standard InChI is InChI=1S/C20H22N2O3/c1-22(12-15-6-3-2-4-7-15)13-16(23)14-25-19-9-5-8-18-17(19)10-11-20(24)21-18/h2-11,16,23H,12-14H2,1H3,(H,21,24). The minimum Gasteiger partial charge on any atom is -0.490 e. The van der Waals surface area contributed by atoms with Gasteiger partial charge in [-0.3, -0.25) is 9.69 Å². The highest BCUT2D eigenvalue weighted by Crippen LogP contribution is 2.23. The number of ether oxygens (including phenoxy) is 1. The molecule has 2 aromatic carbocycles. The Bertz CT molecular complexity index is 877. The lowest BCUT2D eigenvalue weighted by Gasteiger charge is -2.21. The Morgan fingerprint density at radius 3 is 2.68 bits per heavy atom. The van der Waals surface area contributed by atoms with Gasteiger partial charge >= 0.3 is 0 Å². The number of aliphatic hydroxyl groups is 1. The summed E-state index contributed by atoms with van der Waals surface area (Å²) in [5.41, 5.74) is 1.78. The average molecular weight is 338 g/mol. The molecule has 0 fully saturated rings. The van der Waals surface area contributed by atoms with Gasteiger partial charge in [0.25, 0.3) is 0 Å². The second-order valence-electron chi connectivity index (χ2n) is 6.19. The van der Waals surface area contributed by atoms with Crippen LogP contribution in [0, 0.1) is 0 Å². The Balaban J connectivity index is 1.57. The van der Waals surface area contributed by atoms with Gasteiger partial charge in [0.2, 0.25) is 5.56 Å². The molecule has 130 valence electrons. The third-order valence-electron chi connectivity index (χ3n) is 3.97. The molecule has 5 heteroatoms. The van der Waals surface area contributed by atoms with Gasteiger partial charge in [0, 0.05) is 24.5 Å². The van der Waals surface area contributed by atoms with E-state index >= 15 is 0 Å². The van der Waals surface area contributed by atoms with Crippen molar-refractivity contribution in [2.75, 3.05) is 20.2 Å². The summed E-state index contributed by atoms with van der Waals surface area (Å²) >= 11 is 0. The van der Waals surface area contributed by atoms with E-state index in [1.807, 2.05) is 43.4 Å². The zero-order chi connectivity index (χ0) is 17.6. The first-order valence-electron chi connectivity index (χ1n) is 8.27. The van der Waals surface area contributed by atoms with Gasteiger partial charge in [-0.25, -0.2) is 0 Å². The maximum Gasteiger partial charge on any atom is 0.248 e. The first-order chi connectivity index (χ1) is 12.1. The Labute approximate surface area is 146 Å². The fraction of sp³-hybridized carbons (Fsp3) is 0.250. The Morgan fingerprint density at radius 1 is 1.08 bits per heavy atom. The van der Waals surface area contributed by atoms with Crippen molar-refractivity contribution in [3.63, 3.8) is 0 Å². The smallest absolute Gasteiger partial charge is 0.248 e. The highest BCUT2D eigenvalue weighted by molar-refractivity contribution is 5.84. The molecule has 1 heterocycles. The third kappa shape index (κ3) is 4.68. The van der Waals surface area contributed by atoms with E-state index in [4.69, 9.17) is 4.74 Å². The molecule has 0 saturated heterocycles. The number of hydrogen-bond acceptors (Lipinski definition) is 4. The number of pyridine rings is 1. The zero-order valence-electron chi connectivity index (χ0n) is 14.2. The summed E-state index contributed by atoms with van der Waals surface area (Å²) < 4.78 is 5.77. The Hall–Kier alpha value is -2.63. The minimum atomic E-state index is -0.605. The summed E-state index contributed by atoms with van der Waals surface area (Å²) in [5, 5.41) is 11.1. The fourth-order valence-electron chi connectivity index (χ4n) is 2.84. The van der Waals surface area contributed by atoms with Crippen LogP contribution in [0.2, 0.25) is 0 Å². The summed E-state index contributed by atoms with van der Waals surface area (Å²) in [5.74, 6) is 0.651. The van der Waals surface area contributed by atoms with Crippen molar-refractivity contribution in [1.82, 2.24) is 9.88 Å². The lowest BCUT2D eigenvalue weighted by molar-refractivity contribution is 0.0750. The van der Waals surface area contributed by atoms with Crippen LogP contribution < -0.4 is 10.3 Å². The zero-order valence-corrected chi connectivity index (χ0v) is 14.2. The number of nitrogens with zero attached hydrogens (tertiary/aromatic N) is 1. The molecule has 1 unspecified atom stereocenters. The van der Waals surface area contributed by atoms with Crippen LogP contribution in [-0.2, 0) is 6.54 Å². The lowest BCUT2D eigenvalue weighted by atomic mass is 10.2. The van der Waals surface area contributed by atoms with Crippen molar-refractivity contribution < 1.29 is 9.84 Å². The van der Waals surface area contributed by atoms with E-state index in [1.165, 1.54) is 11.6 Å². The van der Waals surface area contributed by atoms with Crippen molar-refractivity contribution >= 4 is 10.9 Å². The normalized spacial score (nSPS) is 12.4. The van der Waals surface area contributed by atoms with Crippen LogP contribution in [-0.4, -0.2) is 41.3 Å². The second kappa shape index (κ2) is 7.96. The van der Waals surface area contributed by atoms with Gasteiger partial charge in [-0.1, -0.05) is 36.4 Å². The quantitative estimate of drug-likeness (QED) is 0.694. The molecule has 3 rings (SSSR count). The molecule has 1 atom stereocenters. The Morgan fingerprint density at radius 2 is 1.88 bits per heavy atom. The van der Waals surface area contributed by atoms with Crippen LogP contribution in [0.25, 0.3) is 10.9 Å². The highest BCUT2D eigenvalue weighted by atomic mass is 16.5. The van der Waals surface area contributed by atoms with Crippen LogP contribution in [0.5, 0.6) is 5.75 Å². The van der Waals surface area contributed by atoms with Gasteiger partial charge in [0.15, 0.2) is 0 Å². The summed E-state index contributed by atoms with van der Waals surface area (Å²) in [6.45, 7) is 1.47. The summed E-state index contributed by atoms with van der Waals surface area (Å²) in [6, 6.07) is 18.8. The number of hydrogen-bond donors (Lipinski definition) is 2. The SMILES string of the molecule is CN(Cc1ccccc1)CC(O)COc1cccc2[nH]c(=O)ccc12. The van der Waals surface area contributed by atoms with E-state index in [1.54, 1.807) is 6.07 Å². The first-order valence-corrected chi connectivity index (χ1v) is 8.27. The lowest BCUT2D eigenvalue weighted by Crippen LogP contribution is -2.32. The minimum absolute atomic E-state index is 0.146. The molecule has 3 aromatic rings. The van der Waals surface area contributed by atoms with Gasteiger partial charge in [0.05, 0.1) is 5.52 Å². The van der Waals surface area contributed by atoms with Crippen LogP contribution in [0.3, 0.4) is 0 Å². The van der Waals surface area contributed by atoms with Gasteiger partial charge in [-0.15, -0.1) is 0 Å². The van der Waals surface area contributed by atoms with Crippen molar-refractivity contribution in [2.24, 2.45) is 0 Å². The monoisotopic (exact) mass is 338 g/mol. The van der Waals surface area contributed by atoms with Crippen LogP contribution >= 0.6 is 0 Å². The molecule has 2 N–H and O–H groups in total. The Kier molecular flexibility index (Phi) is 5.48. The number of aliphatic hydroxyl groups excluding tert-OH is 1. The maximum atomic E-state index is 11.4. The number of aromatic nitrogens is 1. The van der Waals surface area contributed by atoms with Crippen LogP contribution in [0.4, 0.5) is 0 Å². The van der Waals surface area contributed by atoms with E-state index in [0.29, 0.717) is 12.3 Å². The van der Waals surface area contributed by atoms with E-state index < -0.39 is 6.10 Å². The molecule has 1 aromatic heterocycles. The fourth-order valence-corrected chi connectivity index (χ4v) is 2.84. The number of rotatable bonds is 7. The number of benzene rings is 2. The molecule has 0 aliphatic heterocycles. The number of fused-ring (bicyclic) bond motifs is 1. The van der Waals surface area contributed by atoms with E-state index in [-0.39, 0.29) is 12.2 Å². The molecular weight excluding hydrogens is 316 g/mol. The number of likely N-dealkylation sites (N-methyl/N-ethyl adjacent to an activating group) is 1.